The highest BCUT2D eigenvalue weighted by atomic mass is 16.3. The van der Waals surface area contributed by atoms with Gasteiger partial charge in [0.2, 0.25) is 5.91 Å². The van der Waals surface area contributed by atoms with Crippen LogP contribution in [-0.4, -0.2) is 41.9 Å². The van der Waals surface area contributed by atoms with E-state index in [-0.39, 0.29) is 19.1 Å². The Morgan fingerprint density at radius 3 is 2.67 bits per heavy atom. The standard InChI is InChI=1S/C13H18N2O3/c14-4-3-9-1-2-12-10(5-9)6-13(18)15(12)11(7-16)8-17/h1-2,5,11,16-17H,3-4,6-8,14H2. The number of nitrogens with zero attached hydrogens (tertiary/aromatic N) is 1. The van der Waals surface area contributed by atoms with Gasteiger partial charge in [-0.15, -0.1) is 0 Å². The third-order valence-electron chi connectivity index (χ3n) is 3.23. The zero-order valence-corrected chi connectivity index (χ0v) is 10.2. The summed E-state index contributed by atoms with van der Waals surface area (Å²) >= 11 is 0. The van der Waals surface area contributed by atoms with Crippen molar-refractivity contribution in [1.29, 1.82) is 0 Å². The smallest absolute Gasteiger partial charge is 0.231 e. The summed E-state index contributed by atoms with van der Waals surface area (Å²) in [7, 11) is 0. The number of hydrogen-bond donors (Lipinski definition) is 3. The normalized spacial score (nSPS) is 14.4. The molecule has 1 aliphatic heterocycles. The number of aliphatic hydroxyl groups is 2. The summed E-state index contributed by atoms with van der Waals surface area (Å²) < 4.78 is 0. The van der Waals surface area contributed by atoms with Crippen molar-refractivity contribution >= 4 is 11.6 Å². The van der Waals surface area contributed by atoms with Crippen LogP contribution >= 0.6 is 0 Å². The van der Waals surface area contributed by atoms with Crippen LogP contribution in [0.1, 0.15) is 11.1 Å². The molecule has 5 heteroatoms. The largest absolute Gasteiger partial charge is 0.394 e. The molecule has 18 heavy (non-hydrogen) atoms. The fourth-order valence-corrected chi connectivity index (χ4v) is 2.34. The molecule has 0 spiro atoms. The Balaban J connectivity index is 2.31. The molecule has 1 heterocycles. The molecule has 1 aliphatic rings. The van der Waals surface area contributed by atoms with Crippen LogP contribution in [0.3, 0.4) is 0 Å². The Labute approximate surface area is 106 Å². The van der Waals surface area contributed by atoms with Crippen LogP contribution in [-0.2, 0) is 17.6 Å². The van der Waals surface area contributed by atoms with E-state index in [1.807, 2.05) is 18.2 Å². The van der Waals surface area contributed by atoms with E-state index in [0.717, 1.165) is 23.2 Å². The Hall–Kier alpha value is -1.43. The van der Waals surface area contributed by atoms with Crippen molar-refractivity contribution < 1.29 is 15.0 Å². The topological polar surface area (TPSA) is 86.8 Å². The van der Waals surface area contributed by atoms with Crippen molar-refractivity contribution in [3.05, 3.63) is 29.3 Å². The fourth-order valence-electron chi connectivity index (χ4n) is 2.34. The van der Waals surface area contributed by atoms with Crippen LogP contribution in [0.25, 0.3) is 0 Å². The van der Waals surface area contributed by atoms with E-state index in [2.05, 4.69) is 0 Å². The van der Waals surface area contributed by atoms with Gasteiger partial charge in [0.1, 0.15) is 0 Å². The summed E-state index contributed by atoms with van der Waals surface area (Å²) in [6, 6.07) is 5.22. The van der Waals surface area contributed by atoms with Gasteiger partial charge in [0.15, 0.2) is 0 Å². The second kappa shape index (κ2) is 5.48. The number of amides is 1. The number of carbonyl (C=O) groups excluding carboxylic acids is 1. The van der Waals surface area contributed by atoms with E-state index in [1.165, 1.54) is 4.90 Å². The van der Waals surface area contributed by atoms with Crippen LogP contribution in [0.2, 0.25) is 0 Å². The molecule has 0 radical (unpaired) electrons. The molecule has 0 aliphatic carbocycles. The van der Waals surface area contributed by atoms with Gasteiger partial charge in [0.25, 0.3) is 0 Å². The maximum atomic E-state index is 11.9. The van der Waals surface area contributed by atoms with Crippen molar-refractivity contribution in [2.24, 2.45) is 5.73 Å². The highest BCUT2D eigenvalue weighted by Gasteiger charge is 2.32. The maximum Gasteiger partial charge on any atom is 0.231 e. The molecule has 0 unspecified atom stereocenters. The molecule has 98 valence electrons. The summed E-state index contributed by atoms with van der Waals surface area (Å²) in [5.41, 5.74) is 8.34. The molecular weight excluding hydrogens is 232 g/mol. The number of anilines is 1. The van der Waals surface area contributed by atoms with Gasteiger partial charge < -0.3 is 20.8 Å². The number of carbonyl (C=O) groups is 1. The van der Waals surface area contributed by atoms with Gasteiger partial charge in [-0.2, -0.15) is 0 Å². The van der Waals surface area contributed by atoms with Gasteiger partial charge in [-0.3, -0.25) is 4.79 Å². The number of aliphatic hydroxyl groups excluding tert-OH is 2. The number of nitrogens with two attached hydrogens (primary N) is 1. The minimum atomic E-state index is -0.556. The predicted molar refractivity (Wildman–Crippen MR) is 68.4 cm³/mol. The SMILES string of the molecule is NCCc1ccc2c(c1)CC(=O)N2C(CO)CO. The Bertz CT molecular complexity index is 444. The molecule has 1 aromatic rings. The molecule has 0 bridgehead atoms. The average molecular weight is 250 g/mol. The first kappa shape index (κ1) is 13.0. The van der Waals surface area contributed by atoms with Crippen LogP contribution in [0.15, 0.2) is 18.2 Å². The quantitative estimate of drug-likeness (QED) is 0.653. The lowest BCUT2D eigenvalue weighted by Gasteiger charge is -2.25. The first-order valence-corrected chi connectivity index (χ1v) is 6.07. The van der Waals surface area contributed by atoms with E-state index in [1.54, 1.807) is 0 Å². The molecule has 1 amide bonds. The molecule has 2 rings (SSSR count). The lowest BCUT2D eigenvalue weighted by molar-refractivity contribution is -0.118. The monoisotopic (exact) mass is 250 g/mol. The van der Waals surface area contributed by atoms with E-state index in [9.17, 15) is 15.0 Å². The summed E-state index contributed by atoms with van der Waals surface area (Å²) in [4.78, 5) is 13.4. The Morgan fingerprint density at radius 2 is 2.06 bits per heavy atom. The van der Waals surface area contributed by atoms with E-state index in [4.69, 9.17) is 5.73 Å². The molecule has 0 fully saturated rings. The maximum absolute atomic E-state index is 11.9. The van der Waals surface area contributed by atoms with Crippen molar-refractivity contribution in [3.63, 3.8) is 0 Å². The number of rotatable bonds is 5. The van der Waals surface area contributed by atoms with E-state index >= 15 is 0 Å². The summed E-state index contributed by atoms with van der Waals surface area (Å²) in [6.07, 6.45) is 1.11. The average Bonchev–Trinajstić information content (AvgIpc) is 2.68. The highest BCUT2D eigenvalue weighted by molar-refractivity contribution is 6.02. The second-order valence-corrected chi connectivity index (χ2v) is 4.46. The molecule has 0 saturated carbocycles. The first-order valence-electron chi connectivity index (χ1n) is 6.07. The molecular formula is C13H18N2O3. The molecule has 0 aromatic heterocycles. The van der Waals surface area contributed by atoms with Crippen LogP contribution in [0.5, 0.6) is 0 Å². The van der Waals surface area contributed by atoms with E-state index < -0.39 is 6.04 Å². The van der Waals surface area contributed by atoms with E-state index in [0.29, 0.717) is 13.0 Å². The second-order valence-electron chi connectivity index (χ2n) is 4.46. The van der Waals surface area contributed by atoms with Crippen molar-refractivity contribution in [1.82, 2.24) is 0 Å². The molecule has 0 saturated heterocycles. The summed E-state index contributed by atoms with van der Waals surface area (Å²) in [6.45, 7) is 0.0881. The summed E-state index contributed by atoms with van der Waals surface area (Å²) in [5, 5.41) is 18.4. The van der Waals surface area contributed by atoms with Crippen LogP contribution in [0, 0.1) is 0 Å². The molecule has 5 nitrogen and oxygen atoms in total. The third kappa shape index (κ3) is 2.25. The Morgan fingerprint density at radius 1 is 1.33 bits per heavy atom. The number of benzene rings is 1. The van der Waals surface area contributed by atoms with Gasteiger partial charge in [-0.1, -0.05) is 12.1 Å². The molecule has 1 aromatic carbocycles. The van der Waals surface area contributed by atoms with Gasteiger partial charge in [-0.05, 0) is 30.2 Å². The van der Waals surface area contributed by atoms with Crippen molar-refractivity contribution in [2.75, 3.05) is 24.7 Å². The minimum absolute atomic E-state index is 0.0806. The van der Waals surface area contributed by atoms with Crippen LogP contribution in [0.4, 0.5) is 5.69 Å². The lowest BCUT2D eigenvalue weighted by atomic mass is 10.1. The first-order chi connectivity index (χ1) is 8.71. The van der Waals surface area contributed by atoms with Gasteiger partial charge in [0, 0.05) is 5.69 Å². The zero-order chi connectivity index (χ0) is 13.1. The lowest BCUT2D eigenvalue weighted by Crippen LogP contribution is -2.42. The van der Waals surface area contributed by atoms with Crippen molar-refractivity contribution in [3.8, 4) is 0 Å². The molecule has 0 atom stereocenters. The van der Waals surface area contributed by atoms with Gasteiger partial charge >= 0.3 is 0 Å². The predicted octanol–water partition coefficient (Wildman–Crippen LogP) is -0.570. The van der Waals surface area contributed by atoms with Crippen LogP contribution < -0.4 is 10.6 Å². The van der Waals surface area contributed by atoms with Crippen molar-refractivity contribution in [2.45, 2.75) is 18.9 Å². The minimum Gasteiger partial charge on any atom is -0.394 e. The fraction of sp³-hybridized carbons (Fsp3) is 0.462. The Kier molecular flexibility index (Phi) is 3.96. The summed E-state index contributed by atoms with van der Waals surface area (Å²) in [5.74, 6) is -0.0806. The third-order valence-corrected chi connectivity index (χ3v) is 3.23. The van der Waals surface area contributed by atoms with Gasteiger partial charge in [-0.25, -0.2) is 0 Å². The number of hydrogen-bond acceptors (Lipinski definition) is 4. The highest BCUT2D eigenvalue weighted by Crippen LogP contribution is 2.31. The number of fused-ring (bicyclic) bond motifs is 1. The molecule has 4 N–H and O–H groups in total. The van der Waals surface area contributed by atoms with Gasteiger partial charge in [0.05, 0.1) is 25.7 Å². The zero-order valence-electron chi connectivity index (χ0n) is 10.2.